The summed E-state index contributed by atoms with van der Waals surface area (Å²) in [7, 11) is -3.25. The van der Waals surface area contributed by atoms with Gasteiger partial charge in [-0.15, -0.1) is 0 Å². The Hall–Kier alpha value is -2.12. The molecule has 6 nitrogen and oxygen atoms in total. The Morgan fingerprint density at radius 2 is 2.00 bits per heavy atom. The van der Waals surface area contributed by atoms with E-state index in [0.717, 1.165) is 36.2 Å². The average Bonchev–Trinajstić information content (AvgIpc) is 3.08. The number of piperidine rings is 1. The molecule has 1 aliphatic heterocycles. The number of nitrogens with one attached hydrogen (secondary N) is 1. The second kappa shape index (κ2) is 8.05. The van der Waals surface area contributed by atoms with Crippen molar-refractivity contribution >= 4 is 15.9 Å². The van der Waals surface area contributed by atoms with Crippen LogP contribution in [0, 0.1) is 0 Å². The van der Waals surface area contributed by atoms with Gasteiger partial charge in [0.15, 0.2) is 0 Å². The molecule has 2 aromatic rings. The number of furan rings is 1. The third kappa shape index (κ3) is 5.19. The second-order valence-electron chi connectivity index (χ2n) is 6.70. The molecule has 0 radical (unpaired) electrons. The molecule has 1 amide bonds. The van der Waals surface area contributed by atoms with Crippen LogP contribution in [-0.2, 0) is 21.2 Å². The molecule has 26 heavy (non-hydrogen) atoms. The van der Waals surface area contributed by atoms with Gasteiger partial charge in [0.2, 0.25) is 15.9 Å². The number of carbonyl (C=O) groups excluding carboxylic acids is 1. The number of likely N-dealkylation sites (tertiary alicyclic amines) is 1. The summed E-state index contributed by atoms with van der Waals surface area (Å²) in [6.45, 7) is 1.10. The fourth-order valence-corrected chi connectivity index (χ4v) is 4.06. The monoisotopic (exact) mass is 376 g/mol. The second-order valence-corrected chi connectivity index (χ2v) is 8.48. The van der Waals surface area contributed by atoms with Gasteiger partial charge in [0.05, 0.1) is 6.26 Å². The van der Waals surface area contributed by atoms with Crippen molar-refractivity contribution in [3.63, 3.8) is 0 Å². The molecule has 0 spiro atoms. The lowest BCUT2D eigenvalue weighted by Gasteiger charge is -2.32. The van der Waals surface area contributed by atoms with Crippen LogP contribution in [0.1, 0.15) is 25.0 Å². The van der Waals surface area contributed by atoms with Crippen LogP contribution in [0.4, 0.5) is 0 Å². The Bertz CT molecular complexity index is 845. The van der Waals surface area contributed by atoms with E-state index in [2.05, 4.69) is 4.72 Å². The van der Waals surface area contributed by atoms with Gasteiger partial charge in [-0.05, 0) is 25.0 Å². The van der Waals surface area contributed by atoms with Crippen LogP contribution in [0.25, 0.3) is 11.3 Å². The highest BCUT2D eigenvalue weighted by atomic mass is 32.2. The Morgan fingerprint density at radius 3 is 2.73 bits per heavy atom. The Labute approximate surface area is 154 Å². The minimum Gasteiger partial charge on any atom is -0.461 e. The number of benzene rings is 1. The SMILES string of the molecule is CS(=O)(=O)N[C@@H]1CCCN(C(=O)CCc2ccc(-c3ccccc3)o2)C1. The van der Waals surface area contributed by atoms with Crippen LogP contribution < -0.4 is 4.72 Å². The summed E-state index contributed by atoms with van der Waals surface area (Å²) in [5.41, 5.74) is 1.01. The summed E-state index contributed by atoms with van der Waals surface area (Å²) in [5, 5.41) is 0. The number of hydrogen-bond acceptors (Lipinski definition) is 4. The zero-order valence-electron chi connectivity index (χ0n) is 14.8. The highest BCUT2D eigenvalue weighted by Gasteiger charge is 2.25. The van der Waals surface area contributed by atoms with E-state index < -0.39 is 10.0 Å². The molecular formula is C19H24N2O4S. The van der Waals surface area contributed by atoms with Crippen LogP contribution in [0.3, 0.4) is 0 Å². The summed E-state index contributed by atoms with van der Waals surface area (Å²) >= 11 is 0. The molecule has 1 aromatic carbocycles. The van der Waals surface area contributed by atoms with Gasteiger partial charge in [0, 0.05) is 37.5 Å². The van der Waals surface area contributed by atoms with Gasteiger partial charge >= 0.3 is 0 Å². The Morgan fingerprint density at radius 1 is 1.23 bits per heavy atom. The molecule has 1 fully saturated rings. The zero-order valence-corrected chi connectivity index (χ0v) is 15.7. The fraction of sp³-hybridized carbons (Fsp3) is 0.421. The lowest BCUT2D eigenvalue weighted by atomic mass is 10.1. The lowest BCUT2D eigenvalue weighted by molar-refractivity contribution is -0.132. The number of nitrogens with zero attached hydrogens (tertiary/aromatic N) is 1. The van der Waals surface area contributed by atoms with Crippen LogP contribution in [-0.4, -0.2) is 44.6 Å². The third-order valence-electron chi connectivity index (χ3n) is 4.46. The van der Waals surface area contributed by atoms with E-state index in [1.807, 2.05) is 42.5 Å². The van der Waals surface area contributed by atoms with Crippen molar-refractivity contribution in [3.05, 3.63) is 48.2 Å². The molecule has 2 heterocycles. The highest BCUT2D eigenvalue weighted by molar-refractivity contribution is 7.88. The molecule has 0 saturated carbocycles. The highest BCUT2D eigenvalue weighted by Crippen LogP contribution is 2.22. The minimum atomic E-state index is -3.25. The molecule has 0 aliphatic carbocycles. The maximum atomic E-state index is 12.5. The molecular weight excluding hydrogens is 352 g/mol. The number of amides is 1. The van der Waals surface area contributed by atoms with Crippen LogP contribution in [0.15, 0.2) is 46.9 Å². The van der Waals surface area contributed by atoms with E-state index in [-0.39, 0.29) is 11.9 Å². The van der Waals surface area contributed by atoms with E-state index in [9.17, 15) is 13.2 Å². The van der Waals surface area contributed by atoms with Gasteiger partial charge < -0.3 is 9.32 Å². The van der Waals surface area contributed by atoms with E-state index in [1.54, 1.807) is 4.90 Å². The fourth-order valence-electron chi connectivity index (χ4n) is 3.26. The smallest absolute Gasteiger partial charge is 0.223 e. The first-order valence-electron chi connectivity index (χ1n) is 8.80. The standard InChI is InChI=1S/C19H24N2O4S/c1-26(23,24)20-16-8-5-13-21(14-16)19(22)12-10-17-9-11-18(25-17)15-6-3-2-4-7-15/h2-4,6-7,9,11,16,20H,5,8,10,12-14H2,1H3/t16-/m1/s1. The maximum Gasteiger partial charge on any atom is 0.223 e. The van der Waals surface area contributed by atoms with E-state index in [0.29, 0.717) is 25.9 Å². The molecule has 0 bridgehead atoms. The minimum absolute atomic E-state index is 0.0302. The normalized spacial score (nSPS) is 18.0. The molecule has 7 heteroatoms. The summed E-state index contributed by atoms with van der Waals surface area (Å²) in [6.07, 6.45) is 3.60. The predicted octanol–water partition coefficient (Wildman–Crippen LogP) is 2.42. The summed E-state index contributed by atoms with van der Waals surface area (Å²) < 4.78 is 31.2. The number of aryl methyl sites for hydroxylation is 1. The zero-order chi connectivity index (χ0) is 18.6. The van der Waals surface area contributed by atoms with Gasteiger partial charge in [0.1, 0.15) is 11.5 Å². The van der Waals surface area contributed by atoms with Gasteiger partial charge in [-0.2, -0.15) is 0 Å². The molecule has 1 aliphatic rings. The summed E-state index contributed by atoms with van der Waals surface area (Å²) in [6, 6.07) is 13.5. The first kappa shape index (κ1) is 18.7. The predicted molar refractivity (Wildman–Crippen MR) is 100 cm³/mol. The van der Waals surface area contributed by atoms with Crippen molar-refractivity contribution < 1.29 is 17.6 Å². The molecule has 140 valence electrons. The quantitative estimate of drug-likeness (QED) is 0.840. The largest absolute Gasteiger partial charge is 0.461 e. The number of rotatable bonds is 6. The van der Waals surface area contributed by atoms with Crippen molar-refractivity contribution in [2.45, 2.75) is 31.7 Å². The van der Waals surface area contributed by atoms with E-state index >= 15 is 0 Å². The van der Waals surface area contributed by atoms with Crippen LogP contribution >= 0.6 is 0 Å². The number of carbonyl (C=O) groups is 1. The van der Waals surface area contributed by atoms with Gasteiger partial charge in [0.25, 0.3) is 0 Å². The lowest BCUT2D eigenvalue weighted by Crippen LogP contribution is -2.49. The maximum absolute atomic E-state index is 12.5. The van der Waals surface area contributed by atoms with Crippen LogP contribution in [0.2, 0.25) is 0 Å². The van der Waals surface area contributed by atoms with Crippen molar-refractivity contribution in [2.24, 2.45) is 0 Å². The van der Waals surface area contributed by atoms with Crippen molar-refractivity contribution in [2.75, 3.05) is 19.3 Å². The van der Waals surface area contributed by atoms with Crippen molar-refractivity contribution in [3.8, 4) is 11.3 Å². The third-order valence-corrected chi connectivity index (χ3v) is 5.22. The summed E-state index contributed by atoms with van der Waals surface area (Å²) in [5.74, 6) is 1.60. The molecule has 1 aromatic heterocycles. The van der Waals surface area contributed by atoms with Gasteiger partial charge in [-0.3, -0.25) is 4.79 Å². The van der Waals surface area contributed by atoms with E-state index in [4.69, 9.17) is 4.42 Å². The Kier molecular flexibility index (Phi) is 5.78. The van der Waals surface area contributed by atoms with Gasteiger partial charge in [-0.25, -0.2) is 13.1 Å². The Balaban J connectivity index is 1.53. The molecule has 3 rings (SSSR count). The van der Waals surface area contributed by atoms with Crippen molar-refractivity contribution in [1.29, 1.82) is 0 Å². The number of hydrogen-bond donors (Lipinski definition) is 1. The average molecular weight is 376 g/mol. The molecule has 1 saturated heterocycles. The van der Waals surface area contributed by atoms with Crippen LogP contribution in [0.5, 0.6) is 0 Å². The van der Waals surface area contributed by atoms with Crippen molar-refractivity contribution in [1.82, 2.24) is 9.62 Å². The molecule has 0 unspecified atom stereocenters. The first-order valence-corrected chi connectivity index (χ1v) is 10.7. The molecule has 1 atom stereocenters. The van der Waals surface area contributed by atoms with E-state index in [1.165, 1.54) is 0 Å². The first-order chi connectivity index (χ1) is 12.4. The molecule has 1 N–H and O–H groups in total. The topological polar surface area (TPSA) is 79.6 Å². The number of sulfonamides is 1. The summed E-state index contributed by atoms with van der Waals surface area (Å²) in [4.78, 5) is 14.2. The van der Waals surface area contributed by atoms with Gasteiger partial charge in [-0.1, -0.05) is 30.3 Å².